The summed E-state index contributed by atoms with van der Waals surface area (Å²) in [5, 5.41) is 4.58. The number of rotatable bonds is 12. The van der Waals surface area contributed by atoms with E-state index in [2.05, 4.69) is 27.7 Å². The van der Waals surface area contributed by atoms with Gasteiger partial charge in [-0.3, -0.25) is 0 Å². The van der Waals surface area contributed by atoms with E-state index >= 15 is 0 Å². The van der Waals surface area contributed by atoms with Crippen LogP contribution in [0.2, 0.25) is 15.8 Å². The van der Waals surface area contributed by atoms with Crippen molar-refractivity contribution in [2.45, 2.75) is 112 Å². The van der Waals surface area contributed by atoms with E-state index in [4.69, 9.17) is 9.47 Å². The zero-order valence-electron chi connectivity index (χ0n) is 15.7. The Balaban J connectivity index is 2.82. The Labute approximate surface area is 142 Å². The molecule has 3 heteroatoms. The van der Waals surface area contributed by atoms with E-state index in [9.17, 15) is 0 Å². The molecule has 1 aliphatic rings. The number of unbranched alkanes of at least 4 members (excludes halogenated alkanes) is 3. The molecule has 0 spiro atoms. The van der Waals surface area contributed by atoms with Gasteiger partial charge in [0.05, 0.1) is 0 Å². The van der Waals surface area contributed by atoms with Crippen molar-refractivity contribution in [3.63, 3.8) is 0 Å². The van der Waals surface area contributed by atoms with Crippen molar-refractivity contribution < 1.29 is 9.47 Å². The first-order valence-corrected chi connectivity index (χ1v) is 15.6. The predicted molar refractivity (Wildman–Crippen MR) is 99.0 cm³/mol. The maximum atomic E-state index is 6.27. The Bertz CT molecular complexity index is 246. The molecule has 0 aromatic rings. The molecule has 1 rings (SSSR count). The van der Waals surface area contributed by atoms with E-state index in [1.165, 1.54) is 73.5 Å². The van der Waals surface area contributed by atoms with E-state index in [0.29, 0.717) is 17.8 Å². The average Bonchev–Trinajstić information content (AvgIpc) is 2.55. The fraction of sp³-hybridized carbons (Fsp3) is 1.00. The van der Waals surface area contributed by atoms with Gasteiger partial charge in [0.1, 0.15) is 0 Å². The summed E-state index contributed by atoms with van der Waals surface area (Å²) >= 11 is -1.94. The van der Waals surface area contributed by atoms with Crippen LogP contribution in [0.15, 0.2) is 0 Å². The van der Waals surface area contributed by atoms with Gasteiger partial charge in [0, 0.05) is 0 Å². The maximum absolute atomic E-state index is 6.27. The van der Waals surface area contributed by atoms with Crippen LogP contribution < -0.4 is 0 Å². The second-order valence-electron chi connectivity index (χ2n) is 7.26. The van der Waals surface area contributed by atoms with Gasteiger partial charge in [-0.2, -0.15) is 0 Å². The molecule has 1 aliphatic heterocycles. The molecule has 2 nitrogen and oxygen atoms in total. The van der Waals surface area contributed by atoms with Crippen molar-refractivity contribution >= 4 is 13.3 Å². The summed E-state index contributed by atoms with van der Waals surface area (Å²) in [6, 6.07) is 0. The third-order valence-electron chi connectivity index (χ3n) is 5.43. The third-order valence-corrected chi connectivity index (χ3v) is 17.6. The first-order valence-electron chi connectivity index (χ1n) is 9.95. The minimum atomic E-state index is -1.94. The second-order valence-corrected chi connectivity index (χ2v) is 17.5. The molecule has 0 amide bonds. The average molecular weight is 373 g/mol. The van der Waals surface area contributed by atoms with Crippen molar-refractivity contribution in [3.05, 3.63) is 0 Å². The van der Waals surface area contributed by atoms with Crippen molar-refractivity contribution in [1.29, 1.82) is 0 Å². The van der Waals surface area contributed by atoms with Gasteiger partial charge >= 0.3 is 142 Å². The molecule has 1 heterocycles. The molecule has 0 aromatic heterocycles. The van der Waals surface area contributed by atoms with Crippen LogP contribution in [-0.4, -0.2) is 31.1 Å². The Hall–Kier alpha value is 0.463. The van der Waals surface area contributed by atoms with Crippen LogP contribution in [-0.2, 0) is 9.47 Å². The summed E-state index contributed by atoms with van der Waals surface area (Å²) in [6.45, 7) is 9.87. The molecule has 0 aliphatic carbocycles. The van der Waals surface area contributed by atoms with Crippen molar-refractivity contribution in [2.75, 3.05) is 6.79 Å². The molecule has 0 saturated carbocycles. The zero-order valence-corrected chi connectivity index (χ0v) is 17.8. The molecule has 0 bridgehead atoms. The third kappa shape index (κ3) is 6.53. The first-order chi connectivity index (χ1) is 10.7. The molecule has 2 atom stereocenters. The number of hydrogen-bond donors (Lipinski definition) is 0. The predicted octanol–water partition coefficient (Wildman–Crippen LogP) is 6.31. The molecule has 0 N–H and O–H groups in total. The minimum absolute atomic E-state index is 0.471. The van der Waals surface area contributed by atoms with Crippen LogP contribution in [0, 0.1) is 0 Å². The topological polar surface area (TPSA) is 18.5 Å². The van der Waals surface area contributed by atoms with Gasteiger partial charge < -0.3 is 0 Å². The van der Waals surface area contributed by atoms with Gasteiger partial charge in [0.2, 0.25) is 0 Å². The number of ether oxygens (including phenoxy) is 2. The summed E-state index contributed by atoms with van der Waals surface area (Å²) in [6.07, 6.45) is 12.4. The molecule has 0 radical (unpaired) electrons. The molecule has 1 saturated heterocycles. The Morgan fingerprint density at radius 3 is 1.77 bits per heavy atom. The molecule has 0 aromatic carbocycles. The quantitative estimate of drug-likeness (QED) is 0.374. The van der Waals surface area contributed by atoms with Gasteiger partial charge in [-0.25, -0.2) is 0 Å². The van der Waals surface area contributed by atoms with Gasteiger partial charge in [-0.15, -0.1) is 0 Å². The normalized spacial score (nSPS) is 22.9. The second kappa shape index (κ2) is 11.9. The summed E-state index contributed by atoms with van der Waals surface area (Å²) < 4.78 is 12.1. The van der Waals surface area contributed by atoms with Crippen LogP contribution in [0.4, 0.5) is 0 Å². The monoisotopic (exact) mass is 374 g/mol. The molecule has 22 heavy (non-hydrogen) atoms. The summed E-state index contributed by atoms with van der Waals surface area (Å²) in [5.74, 6) is 0. The SMILES string of the molecule is CCC[CH2][Ge]([CH2]CCC)([CH2]CCC)[C@@H]1C[C@H](CCC)OCO1. The van der Waals surface area contributed by atoms with Crippen LogP contribution in [0.3, 0.4) is 0 Å². The Morgan fingerprint density at radius 2 is 1.32 bits per heavy atom. The van der Waals surface area contributed by atoms with E-state index < -0.39 is 13.3 Å². The van der Waals surface area contributed by atoms with Gasteiger partial charge in [-0.05, 0) is 0 Å². The Kier molecular flexibility index (Phi) is 11.1. The summed E-state index contributed by atoms with van der Waals surface area (Å²) in [5.41, 5.74) is 0. The molecular formula is C19H40GeO2. The molecule has 132 valence electrons. The van der Waals surface area contributed by atoms with E-state index in [-0.39, 0.29) is 0 Å². The summed E-state index contributed by atoms with van der Waals surface area (Å²) in [7, 11) is 0. The van der Waals surface area contributed by atoms with Crippen molar-refractivity contribution in [1.82, 2.24) is 0 Å². The van der Waals surface area contributed by atoms with Crippen LogP contribution in [0.25, 0.3) is 0 Å². The van der Waals surface area contributed by atoms with Crippen molar-refractivity contribution in [2.24, 2.45) is 0 Å². The Morgan fingerprint density at radius 1 is 0.773 bits per heavy atom. The molecule has 0 unspecified atom stereocenters. The first kappa shape index (κ1) is 20.5. The van der Waals surface area contributed by atoms with Crippen LogP contribution in [0.5, 0.6) is 0 Å². The van der Waals surface area contributed by atoms with Crippen molar-refractivity contribution in [3.8, 4) is 0 Å². The fourth-order valence-electron chi connectivity index (χ4n) is 3.99. The van der Waals surface area contributed by atoms with E-state index in [1.54, 1.807) is 0 Å². The van der Waals surface area contributed by atoms with Gasteiger partial charge in [0.25, 0.3) is 0 Å². The van der Waals surface area contributed by atoms with Gasteiger partial charge in [0.15, 0.2) is 0 Å². The fourth-order valence-corrected chi connectivity index (χ4v) is 16.7. The van der Waals surface area contributed by atoms with E-state index in [0.717, 1.165) is 0 Å². The van der Waals surface area contributed by atoms with E-state index in [1.807, 2.05) is 0 Å². The summed E-state index contributed by atoms with van der Waals surface area (Å²) in [4.78, 5) is 0.606. The molecular weight excluding hydrogens is 333 g/mol. The number of hydrogen-bond acceptors (Lipinski definition) is 2. The molecule has 1 fully saturated rings. The standard InChI is InChI=1S/C19H40GeO2/c1-5-9-13-20(14-10-6-2,15-11-7-3)19-16-18(12-8-4)21-17-22-19/h18-19H,5-17H2,1-4H3/t18-,19-/m0/s1. The van der Waals surface area contributed by atoms with Gasteiger partial charge in [-0.1, -0.05) is 0 Å². The van der Waals surface area contributed by atoms with Crippen LogP contribution in [0.1, 0.15) is 85.5 Å². The van der Waals surface area contributed by atoms with Crippen LogP contribution >= 0.6 is 0 Å². The zero-order chi connectivity index (χ0) is 16.3.